The van der Waals surface area contributed by atoms with Crippen molar-refractivity contribution in [1.29, 1.82) is 0 Å². The van der Waals surface area contributed by atoms with E-state index in [2.05, 4.69) is 59.1 Å². The number of benzene rings is 1. The highest BCUT2D eigenvalue weighted by atomic mass is 16.5. The maximum atomic E-state index is 6.22. The zero-order chi connectivity index (χ0) is 17.3. The van der Waals surface area contributed by atoms with Gasteiger partial charge in [-0.15, -0.1) is 0 Å². The second-order valence-electron chi connectivity index (χ2n) is 8.08. The first-order chi connectivity index (χ1) is 12.9. The van der Waals surface area contributed by atoms with Gasteiger partial charge in [-0.2, -0.15) is 0 Å². The zero-order valence-corrected chi connectivity index (χ0v) is 15.4. The van der Waals surface area contributed by atoms with Gasteiger partial charge >= 0.3 is 0 Å². The van der Waals surface area contributed by atoms with Gasteiger partial charge in [0.15, 0.2) is 0 Å². The minimum Gasteiger partial charge on any atom is -0.487 e. The van der Waals surface area contributed by atoms with Gasteiger partial charge in [-0.05, 0) is 60.4 Å². The van der Waals surface area contributed by atoms with Crippen molar-refractivity contribution < 1.29 is 4.74 Å². The Bertz CT molecular complexity index is 885. The third-order valence-electron chi connectivity index (χ3n) is 6.12. The van der Waals surface area contributed by atoms with E-state index in [1.807, 2.05) is 0 Å². The highest BCUT2D eigenvalue weighted by Crippen LogP contribution is 2.45. The predicted octanol–water partition coefficient (Wildman–Crippen LogP) is 6.13. The maximum Gasteiger partial charge on any atom is 0.143 e. The van der Waals surface area contributed by atoms with E-state index in [9.17, 15) is 0 Å². The van der Waals surface area contributed by atoms with Gasteiger partial charge in [0.2, 0.25) is 0 Å². The van der Waals surface area contributed by atoms with E-state index >= 15 is 0 Å². The molecule has 2 aromatic heterocycles. The number of ether oxygens (including phenoxy) is 1. The molecule has 0 radical (unpaired) electrons. The van der Waals surface area contributed by atoms with E-state index in [1.165, 1.54) is 56.0 Å². The SMILES string of the molecule is c1ccc(COc2cccn3c(CC4CCCC4)c(C4CC4)cc23)cc1. The minimum absolute atomic E-state index is 0.627. The Hall–Kier alpha value is -2.22. The molecule has 2 heteroatoms. The molecule has 2 saturated carbocycles. The standard InChI is InChI=1S/C24H27NO/c1-2-9-19(10-3-1)17-26-24-11-6-14-25-22(15-18-7-4-5-8-18)21(16-23(24)25)20-12-13-20/h1-3,6,9-11,14,16,18,20H,4-5,7-8,12-13,15,17H2. The van der Waals surface area contributed by atoms with Crippen LogP contribution in [0, 0.1) is 5.92 Å². The smallest absolute Gasteiger partial charge is 0.143 e. The first-order valence-corrected chi connectivity index (χ1v) is 10.2. The van der Waals surface area contributed by atoms with Crippen LogP contribution in [0.2, 0.25) is 0 Å². The molecule has 0 unspecified atom stereocenters. The predicted molar refractivity (Wildman–Crippen MR) is 106 cm³/mol. The van der Waals surface area contributed by atoms with Crippen LogP contribution in [-0.2, 0) is 13.0 Å². The lowest BCUT2D eigenvalue weighted by atomic mass is 9.98. The van der Waals surface area contributed by atoms with Gasteiger partial charge in [-0.1, -0.05) is 56.0 Å². The molecule has 5 rings (SSSR count). The molecule has 2 heterocycles. The average molecular weight is 345 g/mol. The lowest BCUT2D eigenvalue weighted by Gasteiger charge is -2.13. The molecule has 2 aliphatic carbocycles. The molecule has 1 aromatic carbocycles. The molecule has 0 saturated heterocycles. The number of aromatic nitrogens is 1. The monoisotopic (exact) mass is 345 g/mol. The van der Waals surface area contributed by atoms with Crippen LogP contribution in [0.3, 0.4) is 0 Å². The Labute approximate surface area is 155 Å². The molecule has 0 atom stereocenters. The number of rotatable bonds is 6. The number of hydrogen-bond acceptors (Lipinski definition) is 1. The summed E-state index contributed by atoms with van der Waals surface area (Å²) in [7, 11) is 0. The van der Waals surface area contributed by atoms with Crippen molar-refractivity contribution in [3.8, 4) is 5.75 Å². The van der Waals surface area contributed by atoms with Crippen LogP contribution in [-0.4, -0.2) is 4.40 Å². The summed E-state index contributed by atoms with van der Waals surface area (Å²) in [6.45, 7) is 0.627. The van der Waals surface area contributed by atoms with Gasteiger partial charge in [0.05, 0.1) is 5.52 Å². The first kappa shape index (κ1) is 16.0. The number of nitrogens with zero attached hydrogens (tertiary/aromatic N) is 1. The van der Waals surface area contributed by atoms with Gasteiger partial charge < -0.3 is 9.14 Å². The lowest BCUT2D eigenvalue weighted by Crippen LogP contribution is -2.05. The second-order valence-corrected chi connectivity index (χ2v) is 8.08. The Kier molecular flexibility index (Phi) is 4.20. The summed E-state index contributed by atoms with van der Waals surface area (Å²) in [5.74, 6) is 2.67. The molecule has 0 amide bonds. The summed E-state index contributed by atoms with van der Waals surface area (Å²) in [5, 5.41) is 0. The van der Waals surface area contributed by atoms with E-state index < -0.39 is 0 Å². The van der Waals surface area contributed by atoms with Crippen LogP contribution in [0.5, 0.6) is 5.75 Å². The van der Waals surface area contributed by atoms with Crippen molar-refractivity contribution in [2.45, 2.75) is 57.5 Å². The summed E-state index contributed by atoms with van der Waals surface area (Å²) in [6, 6.07) is 17.1. The van der Waals surface area contributed by atoms with Crippen LogP contribution < -0.4 is 4.74 Å². The van der Waals surface area contributed by atoms with Crippen LogP contribution >= 0.6 is 0 Å². The van der Waals surface area contributed by atoms with Gasteiger partial charge in [0.25, 0.3) is 0 Å². The lowest BCUT2D eigenvalue weighted by molar-refractivity contribution is 0.308. The van der Waals surface area contributed by atoms with Crippen LogP contribution in [0.25, 0.3) is 5.52 Å². The fraction of sp³-hybridized carbons (Fsp3) is 0.417. The highest BCUT2D eigenvalue weighted by Gasteiger charge is 2.30. The minimum atomic E-state index is 0.627. The first-order valence-electron chi connectivity index (χ1n) is 10.2. The normalized spacial score (nSPS) is 17.8. The fourth-order valence-electron chi connectivity index (χ4n) is 4.56. The van der Waals surface area contributed by atoms with Crippen molar-refractivity contribution in [3.05, 3.63) is 71.5 Å². The van der Waals surface area contributed by atoms with E-state index in [0.29, 0.717) is 6.61 Å². The third kappa shape index (κ3) is 3.13. The summed E-state index contributed by atoms with van der Waals surface area (Å²) in [6.07, 6.45) is 11.8. The largest absolute Gasteiger partial charge is 0.487 e. The topological polar surface area (TPSA) is 13.6 Å². The van der Waals surface area contributed by atoms with Crippen molar-refractivity contribution in [2.24, 2.45) is 5.92 Å². The number of pyridine rings is 1. The molecular formula is C24H27NO. The van der Waals surface area contributed by atoms with E-state index in [1.54, 1.807) is 11.3 Å². The van der Waals surface area contributed by atoms with Gasteiger partial charge in [0, 0.05) is 11.9 Å². The van der Waals surface area contributed by atoms with Crippen LogP contribution in [0.1, 0.15) is 61.3 Å². The van der Waals surface area contributed by atoms with E-state index in [4.69, 9.17) is 4.74 Å². The van der Waals surface area contributed by atoms with Crippen molar-refractivity contribution in [2.75, 3.05) is 0 Å². The van der Waals surface area contributed by atoms with E-state index in [-0.39, 0.29) is 0 Å². The second kappa shape index (κ2) is 6.83. The zero-order valence-electron chi connectivity index (χ0n) is 15.4. The van der Waals surface area contributed by atoms with Crippen molar-refractivity contribution >= 4 is 5.52 Å². The fourth-order valence-corrected chi connectivity index (χ4v) is 4.56. The molecule has 134 valence electrons. The van der Waals surface area contributed by atoms with Crippen molar-refractivity contribution in [3.63, 3.8) is 0 Å². The van der Waals surface area contributed by atoms with Gasteiger partial charge in [-0.3, -0.25) is 0 Å². The molecule has 2 fully saturated rings. The highest BCUT2D eigenvalue weighted by molar-refractivity contribution is 5.65. The third-order valence-corrected chi connectivity index (χ3v) is 6.12. The quantitative estimate of drug-likeness (QED) is 0.524. The Morgan fingerprint density at radius 3 is 2.50 bits per heavy atom. The maximum absolute atomic E-state index is 6.22. The summed E-state index contributed by atoms with van der Waals surface area (Å²) >= 11 is 0. The van der Waals surface area contributed by atoms with E-state index in [0.717, 1.165) is 17.6 Å². The molecule has 0 aliphatic heterocycles. The average Bonchev–Trinajstić information content (AvgIpc) is 3.27. The Balaban J connectivity index is 1.47. The summed E-state index contributed by atoms with van der Waals surface area (Å²) < 4.78 is 8.65. The van der Waals surface area contributed by atoms with Crippen LogP contribution in [0.15, 0.2) is 54.7 Å². The summed E-state index contributed by atoms with van der Waals surface area (Å²) in [4.78, 5) is 0. The number of fused-ring (bicyclic) bond motifs is 1. The van der Waals surface area contributed by atoms with Crippen LogP contribution in [0.4, 0.5) is 0 Å². The number of hydrogen-bond donors (Lipinski definition) is 0. The molecule has 2 aliphatic rings. The molecule has 26 heavy (non-hydrogen) atoms. The molecule has 0 spiro atoms. The molecule has 3 aromatic rings. The molecule has 0 bridgehead atoms. The molecule has 2 nitrogen and oxygen atoms in total. The Morgan fingerprint density at radius 1 is 0.923 bits per heavy atom. The van der Waals surface area contributed by atoms with Gasteiger partial charge in [-0.25, -0.2) is 0 Å². The van der Waals surface area contributed by atoms with Crippen molar-refractivity contribution in [1.82, 2.24) is 4.40 Å². The Morgan fingerprint density at radius 2 is 1.73 bits per heavy atom. The summed E-state index contributed by atoms with van der Waals surface area (Å²) in [5.41, 5.74) is 5.61. The van der Waals surface area contributed by atoms with Gasteiger partial charge in [0.1, 0.15) is 12.4 Å². The molecular weight excluding hydrogens is 318 g/mol. The molecule has 0 N–H and O–H groups in total.